The van der Waals surface area contributed by atoms with Gasteiger partial charge in [0.05, 0.1) is 11.8 Å². The molecule has 70 valence electrons. The Kier molecular flexibility index (Phi) is 2.23. The van der Waals surface area contributed by atoms with E-state index in [2.05, 4.69) is 0 Å². The molecule has 0 spiro atoms. The maximum atomic E-state index is 13.4. The van der Waals surface area contributed by atoms with Crippen LogP contribution in [0.4, 0.5) is 8.78 Å². The highest BCUT2D eigenvalue weighted by molar-refractivity contribution is 5.53. The number of hydrogen-bond donors (Lipinski definition) is 0. The average Bonchev–Trinajstić information content (AvgIpc) is 1.98. The van der Waals surface area contributed by atoms with Gasteiger partial charge in [-0.25, -0.2) is 13.4 Å². The largest absolute Gasteiger partial charge is 0.268 e. The molecule has 0 aromatic rings. The topological polar surface area (TPSA) is 3.01 Å². The highest BCUT2D eigenvalue weighted by Crippen LogP contribution is 2.43. The number of hydrogen-bond acceptors (Lipinski definition) is 0. The normalized spacial score (nSPS) is 34.6. The molecule has 0 fully saturated rings. The highest BCUT2D eigenvalue weighted by atomic mass is 19.3. The van der Waals surface area contributed by atoms with Gasteiger partial charge in [-0.1, -0.05) is 6.92 Å². The first-order chi connectivity index (χ1) is 5.41. The molecule has 1 heterocycles. The molecule has 0 unspecified atom stereocenters. The first-order valence-corrected chi connectivity index (χ1v) is 4.33. The maximum absolute atomic E-state index is 13.4. The van der Waals surface area contributed by atoms with Gasteiger partial charge in [0.25, 0.3) is 5.92 Å². The number of rotatable bonds is 1. The smallest absolute Gasteiger partial charge is 0.241 e. The van der Waals surface area contributed by atoms with Gasteiger partial charge in [-0.3, -0.25) is 0 Å². The molecule has 1 aliphatic rings. The first kappa shape index (κ1) is 9.62. The Labute approximate surface area is 72.1 Å². The van der Waals surface area contributed by atoms with Crippen molar-refractivity contribution >= 4 is 6.21 Å². The van der Waals surface area contributed by atoms with E-state index in [1.54, 1.807) is 13.1 Å². The molecule has 0 saturated carbocycles. The number of alkyl halides is 2. The van der Waals surface area contributed by atoms with Crippen molar-refractivity contribution in [3.8, 4) is 0 Å². The summed E-state index contributed by atoms with van der Waals surface area (Å²) < 4.78 is 28.6. The summed E-state index contributed by atoms with van der Waals surface area (Å²) in [6, 6.07) is 0. The highest BCUT2D eigenvalue weighted by Gasteiger charge is 2.53. The van der Waals surface area contributed by atoms with Crippen LogP contribution in [-0.4, -0.2) is 30.3 Å². The van der Waals surface area contributed by atoms with Crippen molar-refractivity contribution in [2.24, 2.45) is 5.41 Å². The maximum Gasteiger partial charge on any atom is 0.268 e. The van der Waals surface area contributed by atoms with Crippen LogP contribution in [0.15, 0.2) is 0 Å². The summed E-state index contributed by atoms with van der Waals surface area (Å²) in [5, 5.41) is 0. The Hall–Kier alpha value is -0.470. The zero-order valence-corrected chi connectivity index (χ0v) is 7.90. The molecule has 1 rings (SSSR count). The fourth-order valence-corrected chi connectivity index (χ4v) is 1.62. The number of halogens is 2. The molecule has 12 heavy (non-hydrogen) atoms. The molecule has 0 amide bonds. The fraction of sp³-hybridized carbons (Fsp3) is 0.889. The van der Waals surface area contributed by atoms with Crippen LogP contribution in [0.1, 0.15) is 26.7 Å². The van der Waals surface area contributed by atoms with E-state index in [9.17, 15) is 8.78 Å². The monoisotopic (exact) mass is 176 g/mol. The van der Waals surface area contributed by atoms with E-state index in [-0.39, 0.29) is 6.42 Å². The molecule has 0 N–H and O–H groups in total. The van der Waals surface area contributed by atoms with E-state index in [0.29, 0.717) is 13.0 Å². The van der Waals surface area contributed by atoms with Gasteiger partial charge in [0.2, 0.25) is 0 Å². The van der Waals surface area contributed by atoms with Crippen LogP contribution in [0.5, 0.6) is 0 Å². The van der Waals surface area contributed by atoms with Crippen LogP contribution >= 0.6 is 0 Å². The zero-order chi connectivity index (χ0) is 9.41. The van der Waals surface area contributed by atoms with Crippen molar-refractivity contribution in [2.45, 2.75) is 32.6 Å². The Morgan fingerprint density at radius 1 is 1.50 bits per heavy atom. The summed E-state index contributed by atoms with van der Waals surface area (Å²) in [6.45, 7) is 3.94. The molecule has 1 aliphatic heterocycles. The summed E-state index contributed by atoms with van der Waals surface area (Å²) in [5.41, 5.74) is -0.851. The molecule has 0 aliphatic carbocycles. The van der Waals surface area contributed by atoms with Gasteiger partial charge >= 0.3 is 0 Å². The predicted octanol–water partition coefficient (Wildman–Crippen LogP) is 2.15. The van der Waals surface area contributed by atoms with Crippen LogP contribution < -0.4 is 0 Å². The third kappa shape index (κ3) is 1.37. The van der Waals surface area contributed by atoms with E-state index in [1.807, 2.05) is 18.5 Å². The van der Waals surface area contributed by atoms with E-state index in [0.717, 1.165) is 0 Å². The van der Waals surface area contributed by atoms with Gasteiger partial charge in [-0.05, 0) is 13.3 Å². The Morgan fingerprint density at radius 3 is 2.50 bits per heavy atom. The molecular weight excluding hydrogens is 160 g/mol. The molecular formula is C9H16F2N+. The summed E-state index contributed by atoms with van der Waals surface area (Å²) in [4.78, 5) is 0. The van der Waals surface area contributed by atoms with Crippen molar-refractivity contribution in [3.63, 3.8) is 0 Å². The second kappa shape index (κ2) is 2.79. The van der Waals surface area contributed by atoms with Crippen molar-refractivity contribution in [3.05, 3.63) is 0 Å². The van der Waals surface area contributed by atoms with Gasteiger partial charge in [0, 0.05) is 0 Å². The van der Waals surface area contributed by atoms with Crippen molar-refractivity contribution in [1.29, 1.82) is 0 Å². The van der Waals surface area contributed by atoms with Gasteiger partial charge < -0.3 is 0 Å². The molecule has 0 saturated heterocycles. The van der Waals surface area contributed by atoms with Gasteiger partial charge in [-0.2, -0.15) is 0 Å². The molecule has 3 heteroatoms. The summed E-state index contributed by atoms with van der Waals surface area (Å²) in [5.74, 6) is -2.53. The minimum absolute atomic E-state index is 0.117. The standard InChI is InChI=1S/C9H16F2N/c1-4-8(2)7-12(3)6-5-9(8,10)11/h6H,4-5,7H2,1-3H3/q+1/t8-/m1/s1. The lowest BCUT2D eigenvalue weighted by atomic mass is 9.77. The third-order valence-electron chi connectivity index (χ3n) is 2.92. The second-order valence-corrected chi connectivity index (χ2v) is 3.92. The van der Waals surface area contributed by atoms with Gasteiger partial charge in [0.1, 0.15) is 13.3 Å². The van der Waals surface area contributed by atoms with Crippen LogP contribution in [0, 0.1) is 5.41 Å². The van der Waals surface area contributed by atoms with Crippen LogP contribution in [0.2, 0.25) is 0 Å². The van der Waals surface area contributed by atoms with Crippen LogP contribution in [0.3, 0.4) is 0 Å². The third-order valence-corrected chi connectivity index (χ3v) is 2.92. The van der Waals surface area contributed by atoms with Crippen LogP contribution in [0.25, 0.3) is 0 Å². The summed E-state index contributed by atoms with van der Waals surface area (Å²) in [6.07, 6.45) is 1.99. The zero-order valence-electron chi connectivity index (χ0n) is 7.90. The summed E-state index contributed by atoms with van der Waals surface area (Å²) in [7, 11) is 1.85. The first-order valence-electron chi connectivity index (χ1n) is 4.33. The number of nitrogens with zero attached hydrogens (tertiary/aromatic N) is 1. The second-order valence-electron chi connectivity index (χ2n) is 3.92. The van der Waals surface area contributed by atoms with Crippen molar-refractivity contribution in [1.82, 2.24) is 0 Å². The lowest BCUT2D eigenvalue weighted by Gasteiger charge is -2.35. The molecule has 0 bridgehead atoms. The minimum Gasteiger partial charge on any atom is -0.241 e. The van der Waals surface area contributed by atoms with E-state index in [1.165, 1.54) is 0 Å². The Morgan fingerprint density at radius 2 is 2.08 bits per heavy atom. The van der Waals surface area contributed by atoms with E-state index < -0.39 is 11.3 Å². The lowest BCUT2D eigenvalue weighted by molar-refractivity contribution is -0.527. The van der Waals surface area contributed by atoms with Crippen LogP contribution in [-0.2, 0) is 0 Å². The van der Waals surface area contributed by atoms with E-state index >= 15 is 0 Å². The lowest BCUT2D eigenvalue weighted by Crippen LogP contribution is -2.48. The predicted molar refractivity (Wildman–Crippen MR) is 45.1 cm³/mol. The van der Waals surface area contributed by atoms with Crippen molar-refractivity contribution < 1.29 is 13.4 Å². The summed E-state index contributed by atoms with van der Waals surface area (Å²) >= 11 is 0. The average molecular weight is 176 g/mol. The molecule has 0 aromatic carbocycles. The fourth-order valence-electron chi connectivity index (χ4n) is 1.62. The molecule has 1 nitrogen and oxygen atoms in total. The van der Waals surface area contributed by atoms with Gasteiger partial charge in [-0.15, -0.1) is 0 Å². The molecule has 0 aromatic heterocycles. The Bertz CT molecular complexity index is 211. The SMILES string of the molecule is CC[C@]1(C)C[N+](C)=CCC1(F)F. The quantitative estimate of drug-likeness (QED) is 0.538. The van der Waals surface area contributed by atoms with Gasteiger partial charge in [0.15, 0.2) is 6.54 Å². The molecule has 1 atom stereocenters. The minimum atomic E-state index is -2.53. The molecule has 0 radical (unpaired) electrons. The van der Waals surface area contributed by atoms with E-state index in [4.69, 9.17) is 0 Å². The van der Waals surface area contributed by atoms with Crippen molar-refractivity contribution in [2.75, 3.05) is 13.6 Å². The Balaban J connectivity index is 2.92.